The lowest BCUT2D eigenvalue weighted by Gasteiger charge is -2.17. The van der Waals surface area contributed by atoms with Crippen LogP contribution in [-0.2, 0) is 6.67 Å². The minimum Gasteiger partial charge on any atom is -0.376 e. The van der Waals surface area contributed by atoms with Gasteiger partial charge in [0.1, 0.15) is 17.8 Å². The number of amides is 2. The molecule has 0 spiro atoms. The Hall–Kier alpha value is -6.46. The third kappa shape index (κ3) is 6.45. The molecule has 0 radical (unpaired) electrons. The Morgan fingerprint density at radius 3 is 2.23 bits per heavy atom. The van der Waals surface area contributed by atoms with Gasteiger partial charge in [0.05, 0.1) is 18.1 Å². The van der Waals surface area contributed by atoms with Crippen molar-refractivity contribution in [3.05, 3.63) is 72.6 Å². The van der Waals surface area contributed by atoms with E-state index in [-0.39, 0.29) is 17.5 Å². The number of carbonyl (C=O) groups is 2. The molecule has 0 atom stereocenters. The molecule has 2 fully saturated rings. The smallest absolute Gasteiger partial charge is 0.309 e. The minimum absolute atomic E-state index is 0.129. The SMILES string of the molecule is CN(C)c1cnnc(NC(=O)c2c[n+](CN(C)c3ccnc(NC(=O)c4cnc5ccc(N6CCCC6)nn45)n3)c3ccc(N4CCCC4)nn23)c1. The van der Waals surface area contributed by atoms with Crippen LogP contribution in [0, 0.1) is 0 Å². The van der Waals surface area contributed by atoms with Crippen LogP contribution >= 0.6 is 0 Å². The minimum atomic E-state index is -0.428. The highest BCUT2D eigenvalue weighted by molar-refractivity contribution is 6.03. The Kier molecular flexibility index (Phi) is 8.61. The van der Waals surface area contributed by atoms with Gasteiger partial charge in [0, 0.05) is 65.7 Å². The van der Waals surface area contributed by atoms with E-state index in [9.17, 15) is 9.59 Å². The summed E-state index contributed by atoms with van der Waals surface area (Å²) < 4.78 is 5.13. The lowest BCUT2D eigenvalue weighted by molar-refractivity contribution is -0.669. The average Bonchev–Trinajstić information content (AvgIpc) is 3.99. The molecule has 0 aromatic carbocycles. The molecule has 0 unspecified atom stereocenters. The van der Waals surface area contributed by atoms with Crippen molar-refractivity contribution >= 4 is 58.0 Å². The van der Waals surface area contributed by atoms with Crippen LogP contribution in [0.3, 0.4) is 0 Å². The summed E-state index contributed by atoms with van der Waals surface area (Å²) in [5.74, 6) is 1.81. The maximum atomic E-state index is 13.8. The highest BCUT2D eigenvalue weighted by Crippen LogP contribution is 2.21. The molecule has 266 valence electrons. The molecule has 8 rings (SSSR count). The quantitative estimate of drug-likeness (QED) is 0.199. The number of nitrogens with zero attached hydrogens (tertiary/aromatic N) is 14. The molecular formula is C34H39N16O2+. The molecule has 6 aromatic rings. The number of imidazole rings is 2. The fourth-order valence-corrected chi connectivity index (χ4v) is 6.52. The Morgan fingerprint density at radius 2 is 1.50 bits per heavy atom. The van der Waals surface area contributed by atoms with Gasteiger partial charge in [-0.25, -0.2) is 19.1 Å². The number of nitrogens with one attached hydrogen (secondary N) is 2. The lowest BCUT2D eigenvalue weighted by Crippen LogP contribution is -2.42. The van der Waals surface area contributed by atoms with E-state index in [0.29, 0.717) is 35.3 Å². The van der Waals surface area contributed by atoms with E-state index in [1.165, 1.54) is 6.20 Å². The van der Waals surface area contributed by atoms with Gasteiger partial charge in [0.2, 0.25) is 5.95 Å². The van der Waals surface area contributed by atoms with Crippen molar-refractivity contribution in [3.63, 3.8) is 0 Å². The molecule has 6 aromatic heterocycles. The third-order valence-corrected chi connectivity index (χ3v) is 9.30. The van der Waals surface area contributed by atoms with E-state index in [1.54, 1.807) is 39.8 Å². The van der Waals surface area contributed by atoms with Gasteiger partial charge in [-0.05, 0) is 49.9 Å². The van der Waals surface area contributed by atoms with Crippen LogP contribution in [0.4, 0.5) is 34.9 Å². The topological polar surface area (TPSA) is 174 Å². The van der Waals surface area contributed by atoms with Gasteiger partial charge in [-0.2, -0.15) is 10.1 Å². The fourth-order valence-electron chi connectivity index (χ4n) is 6.52. The third-order valence-electron chi connectivity index (χ3n) is 9.30. The zero-order valence-corrected chi connectivity index (χ0v) is 29.2. The first-order valence-corrected chi connectivity index (χ1v) is 17.2. The van der Waals surface area contributed by atoms with Crippen molar-refractivity contribution in [1.82, 2.24) is 44.4 Å². The van der Waals surface area contributed by atoms with E-state index >= 15 is 0 Å². The first-order valence-electron chi connectivity index (χ1n) is 17.2. The molecule has 18 nitrogen and oxygen atoms in total. The second-order valence-corrected chi connectivity index (χ2v) is 13.1. The van der Waals surface area contributed by atoms with Gasteiger partial charge >= 0.3 is 11.6 Å². The molecule has 18 heteroatoms. The van der Waals surface area contributed by atoms with Crippen molar-refractivity contribution in [2.24, 2.45) is 0 Å². The van der Waals surface area contributed by atoms with Gasteiger partial charge in [-0.15, -0.1) is 10.2 Å². The summed E-state index contributed by atoms with van der Waals surface area (Å²) in [5, 5.41) is 23.4. The van der Waals surface area contributed by atoms with E-state index in [0.717, 1.165) is 69.2 Å². The average molecular weight is 704 g/mol. The molecule has 2 aliphatic heterocycles. The molecule has 0 saturated carbocycles. The molecule has 2 aliphatic rings. The highest BCUT2D eigenvalue weighted by atomic mass is 16.2. The molecule has 2 N–H and O–H groups in total. The van der Waals surface area contributed by atoms with Gasteiger partial charge in [-0.1, -0.05) is 9.61 Å². The second-order valence-electron chi connectivity index (χ2n) is 13.1. The van der Waals surface area contributed by atoms with Gasteiger partial charge in [-0.3, -0.25) is 14.9 Å². The van der Waals surface area contributed by atoms with Crippen molar-refractivity contribution < 1.29 is 14.2 Å². The summed E-state index contributed by atoms with van der Waals surface area (Å²) in [6, 6.07) is 11.2. The molecule has 0 bridgehead atoms. The van der Waals surface area contributed by atoms with Gasteiger partial charge in [0.25, 0.3) is 11.6 Å². The molecule has 8 heterocycles. The van der Waals surface area contributed by atoms with E-state index in [2.05, 4.69) is 45.6 Å². The van der Waals surface area contributed by atoms with Crippen LogP contribution in [0.25, 0.3) is 11.3 Å². The van der Waals surface area contributed by atoms with E-state index in [4.69, 9.17) is 10.2 Å². The van der Waals surface area contributed by atoms with E-state index < -0.39 is 5.91 Å². The van der Waals surface area contributed by atoms with Crippen LogP contribution in [-0.4, -0.2) is 104 Å². The summed E-state index contributed by atoms with van der Waals surface area (Å²) in [4.78, 5) is 48.7. The van der Waals surface area contributed by atoms with Gasteiger partial charge in [0.15, 0.2) is 29.6 Å². The number of hydrogen-bond acceptors (Lipinski definition) is 13. The number of hydrogen-bond donors (Lipinski definition) is 2. The second kappa shape index (κ2) is 13.7. The van der Waals surface area contributed by atoms with Crippen molar-refractivity contribution in [3.8, 4) is 0 Å². The first-order chi connectivity index (χ1) is 25.3. The standard InChI is InChI=1S/C34H38N16O2/c1-44(2)23-18-26(41-37-19-23)38-33(52)25-21-48(31-11-10-30(43-50(25)31)47-16-6-7-17-47)22-45(3)28-12-13-35-34(39-28)40-32(51)24-20-36-27-8-9-29(42-49(24)27)46-14-4-5-15-46/h8-13,18-21H,4-7,14-17,22H2,1-3H3,(H-,35,38,39,40,41,51,52)/p+1. The molecular weight excluding hydrogens is 664 g/mol. The summed E-state index contributed by atoms with van der Waals surface area (Å²) in [6.07, 6.45) is 10.9. The summed E-state index contributed by atoms with van der Waals surface area (Å²) in [7, 11) is 5.65. The molecule has 0 aliphatic carbocycles. The van der Waals surface area contributed by atoms with Crippen LogP contribution in [0.2, 0.25) is 0 Å². The Bertz CT molecular complexity index is 2270. The van der Waals surface area contributed by atoms with Crippen molar-refractivity contribution in [2.75, 3.05) is 77.6 Å². The number of carbonyl (C=O) groups excluding carboxylic acids is 2. The summed E-state index contributed by atoms with van der Waals surface area (Å²) in [5.41, 5.74) is 2.68. The number of anilines is 6. The van der Waals surface area contributed by atoms with Crippen LogP contribution < -0.4 is 34.8 Å². The maximum absolute atomic E-state index is 13.8. The normalized spacial score (nSPS) is 14.4. The predicted molar refractivity (Wildman–Crippen MR) is 194 cm³/mol. The number of aromatic nitrogens is 10. The van der Waals surface area contributed by atoms with E-state index in [1.807, 2.05) is 59.8 Å². The van der Waals surface area contributed by atoms with Crippen LogP contribution in [0.1, 0.15) is 46.7 Å². The van der Waals surface area contributed by atoms with Crippen molar-refractivity contribution in [1.29, 1.82) is 0 Å². The zero-order chi connectivity index (χ0) is 35.8. The Balaban J connectivity index is 1.04. The van der Waals surface area contributed by atoms with Crippen LogP contribution in [0.15, 0.2) is 61.2 Å². The van der Waals surface area contributed by atoms with Crippen LogP contribution in [0.5, 0.6) is 0 Å². The maximum Gasteiger partial charge on any atom is 0.309 e. The predicted octanol–water partition coefficient (Wildman–Crippen LogP) is 2.11. The van der Waals surface area contributed by atoms with Gasteiger partial charge < -0.3 is 24.9 Å². The Labute approximate surface area is 298 Å². The fraction of sp³-hybridized carbons (Fsp3) is 0.353. The first kappa shape index (κ1) is 32.7. The number of rotatable bonds is 10. The molecule has 2 saturated heterocycles. The molecule has 52 heavy (non-hydrogen) atoms. The summed E-state index contributed by atoms with van der Waals surface area (Å²) >= 11 is 0. The number of fused-ring (bicyclic) bond motifs is 2. The lowest BCUT2D eigenvalue weighted by atomic mass is 10.4. The Morgan fingerprint density at radius 1 is 0.808 bits per heavy atom. The largest absolute Gasteiger partial charge is 0.376 e. The monoisotopic (exact) mass is 703 g/mol. The molecule has 2 amide bonds. The highest BCUT2D eigenvalue weighted by Gasteiger charge is 2.28. The zero-order valence-electron chi connectivity index (χ0n) is 29.2. The summed E-state index contributed by atoms with van der Waals surface area (Å²) in [6.45, 7) is 4.00. The van der Waals surface area contributed by atoms with Crippen molar-refractivity contribution in [2.45, 2.75) is 32.4 Å².